The van der Waals surface area contributed by atoms with E-state index in [1.807, 2.05) is 48.5 Å². The summed E-state index contributed by atoms with van der Waals surface area (Å²) in [7, 11) is 1.63. The third kappa shape index (κ3) is 2.28. The van der Waals surface area contributed by atoms with E-state index in [0.29, 0.717) is 6.42 Å². The summed E-state index contributed by atoms with van der Waals surface area (Å²) in [6.07, 6.45) is -0.385. The van der Waals surface area contributed by atoms with Gasteiger partial charge in [-0.25, -0.2) is 4.39 Å². The number of ether oxygens (including phenoxy) is 1. The van der Waals surface area contributed by atoms with Crippen LogP contribution in [0.25, 0.3) is 0 Å². The monoisotopic (exact) mass is 257 g/mol. The highest BCUT2D eigenvalue weighted by molar-refractivity contribution is 5.51. The molecule has 0 aliphatic heterocycles. The minimum atomic E-state index is -0.875. The largest absolute Gasteiger partial charge is 0.497 e. The summed E-state index contributed by atoms with van der Waals surface area (Å²) < 4.78 is 19.2. The van der Waals surface area contributed by atoms with Crippen molar-refractivity contribution in [2.45, 2.75) is 18.6 Å². The van der Waals surface area contributed by atoms with Crippen LogP contribution in [0.4, 0.5) is 10.1 Å². The Hall–Kier alpha value is -2.03. The zero-order valence-corrected chi connectivity index (χ0v) is 10.8. The SMILES string of the molecule is COc1ccc(N[C@H]2c3ccccc3C[C@H]2F)cc1. The van der Waals surface area contributed by atoms with E-state index in [4.69, 9.17) is 4.74 Å². The van der Waals surface area contributed by atoms with E-state index < -0.39 is 6.17 Å². The number of nitrogens with one attached hydrogen (secondary N) is 1. The van der Waals surface area contributed by atoms with E-state index >= 15 is 0 Å². The molecular formula is C16H16FNO. The number of methoxy groups -OCH3 is 1. The average molecular weight is 257 g/mol. The molecule has 0 saturated carbocycles. The zero-order valence-electron chi connectivity index (χ0n) is 10.8. The van der Waals surface area contributed by atoms with Crippen molar-refractivity contribution in [2.24, 2.45) is 0 Å². The molecule has 0 saturated heterocycles. The van der Waals surface area contributed by atoms with Crippen molar-refractivity contribution in [1.82, 2.24) is 0 Å². The second kappa shape index (κ2) is 4.92. The Morgan fingerprint density at radius 2 is 1.84 bits per heavy atom. The lowest BCUT2D eigenvalue weighted by Crippen LogP contribution is -2.17. The highest BCUT2D eigenvalue weighted by Crippen LogP contribution is 2.36. The van der Waals surface area contributed by atoms with Gasteiger partial charge in [-0.15, -0.1) is 0 Å². The van der Waals surface area contributed by atoms with Gasteiger partial charge in [-0.2, -0.15) is 0 Å². The average Bonchev–Trinajstić information content (AvgIpc) is 2.76. The standard InChI is InChI=1S/C16H16FNO/c1-19-13-8-6-12(7-9-13)18-16-14-5-3-2-4-11(14)10-15(16)17/h2-9,15-16,18H,10H2,1H3/t15-,16+/m1/s1. The number of alkyl halides is 1. The topological polar surface area (TPSA) is 21.3 Å². The van der Waals surface area contributed by atoms with Crippen molar-refractivity contribution >= 4 is 5.69 Å². The third-order valence-corrected chi connectivity index (χ3v) is 3.58. The van der Waals surface area contributed by atoms with E-state index in [2.05, 4.69) is 5.32 Å². The number of fused-ring (bicyclic) bond motifs is 1. The molecular weight excluding hydrogens is 241 g/mol. The number of rotatable bonds is 3. The Balaban J connectivity index is 1.82. The van der Waals surface area contributed by atoms with Crippen molar-refractivity contribution in [2.75, 3.05) is 12.4 Å². The predicted octanol–water partition coefficient (Wildman–Crippen LogP) is 3.74. The molecule has 0 amide bonds. The summed E-state index contributed by atoms with van der Waals surface area (Å²) >= 11 is 0. The molecule has 2 aromatic rings. The number of anilines is 1. The lowest BCUT2D eigenvalue weighted by Gasteiger charge is -2.18. The molecule has 0 unspecified atom stereocenters. The summed E-state index contributed by atoms with van der Waals surface area (Å²) in [5, 5.41) is 3.27. The van der Waals surface area contributed by atoms with Gasteiger partial charge >= 0.3 is 0 Å². The van der Waals surface area contributed by atoms with Gasteiger partial charge in [0, 0.05) is 12.1 Å². The first-order valence-corrected chi connectivity index (χ1v) is 6.40. The minimum Gasteiger partial charge on any atom is -0.497 e. The number of benzene rings is 2. The van der Waals surface area contributed by atoms with Crippen LogP contribution >= 0.6 is 0 Å². The van der Waals surface area contributed by atoms with Gasteiger partial charge in [-0.05, 0) is 35.4 Å². The van der Waals surface area contributed by atoms with E-state index in [1.54, 1.807) is 7.11 Å². The lowest BCUT2D eigenvalue weighted by molar-refractivity contribution is 0.315. The molecule has 0 radical (unpaired) electrons. The highest BCUT2D eigenvalue weighted by Gasteiger charge is 2.31. The van der Waals surface area contributed by atoms with Gasteiger partial charge < -0.3 is 10.1 Å². The van der Waals surface area contributed by atoms with Crippen LogP contribution in [0.15, 0.2) is 48.5 Å². The summed E-state index contributed by atoms with van der Waals surface area (Å²) in [6.45, 7) is 0. The van der Waals surface area contributed by atoms with Gasteiger partial charge in [0.2, 0.25) is 0 Å². The maximum atomic E-state index is 14.1. The molecule has 1 aliphatic carbocycles. The fourth-order valence-corrected chi connectivity index (χ4v) is 2.58. The van der Waals surface area contributed by atoms with Gasteiger partial charge in [0.1, 0.15) is 11.9 Å². The zero-order chi connectivity index (χ0) is 13.2. The number of hydrogen-bond donors (Lipinski definition) is 1. The summed E-state index contributed by atoms with van der Waals surface area (Å²) in [6, 6.07) is 15.2. The quantitative estimate of drug-likeness (QED) is 0.904. The third-order valence-electron chi connectivity index (χ3n) is 3.58. The molecule has 0 aromatic heterocycles. The molecule has 98 valence electrons. The normalized spacial score (nSPS) is 20.9. The maximum Gasteiger partial charge on any atom is 0.128 e. The molecule has 3 heteroatoms. The molecule has 0 spiro atoms. The summed E-state index contributed by atoms with van der Waals surface area (Å²) in [5.41, 5.74) is 3.07. The maximum absolute atomic E-state index is 14.1. The fourth-order valence-electron chi connectivity index (χ4n) is 2.58. The van der Waals surface area contributed by atoms with Crippen LogP contribution in [-0.4, -0.2) is 13.3 Å². The van der Waals surface area contributed by atoms with Crippen LogP contribution in [0.1, 0.15) is 17.2 Å². The first-order valence-electron chi connectivity index (χ1n) is 6.40. The summed E-state index contributed by atoms with van der Waals surface area (Å²) in [5.74, 6) is 0.800. The minimum absolute atomic E-state index is 0.260. The highest BCUT2D eigenvalue weighted by atomic mass is 19.1. The smallest absolute Gasteiger partial charge is 0.128 e. The Labute approximate surface area is 112 Å². The van der Waals surface area contributed by atoms with Gasteiger partial charge in [-0.3, -0.25) is 0 Å². The predicted molar refractivity (Wildman–Crippen MR) is 74.4 cm³/mol. The Morgan fingerprint density at radius 3 is 2.58 bits per heavy atom. The molecule has 2 nitrogen and oxygen atoms in total. The summed E-state index contributed by atoms with van der Waals surface area (Å²) in [4.78, 5) is 0. The van der Waals surface area contributed by atoms with Gasteiger partial charge in [0.05, 0.1) is 13.2 Å². The van der Waals surface area contributed by atoms with E-state index in [0.717, 1.165) is 22.6 Å². The van der Waals surface area contributed by atoms with Crippen LogP contribution < -0.4 is 10.1 Å². The fraction of sp³-hybridized carbons (Fsp3) is 0.250. The van der Waals surface area contributed by atoms with Crippen LogP contribution in [0.5, 0.6) is 5.75 Å². The number of halogens is 1. The van der Waals surface area contributed by atoms with Crippen LogP contribution in [0, 0.1) is 0 Å². The van der Waals surface area contributed by atoms with Crippen molar-refractivity contribution < 1.29 is 9.13 Å². The van der Waals surface area contributed by atoms with Crippen LogP contribution in [-0.2, 0) is 6.42 Å². The Morgan fingerprint density at radius 1 is 1.11 bits per heavy atom. The van der Waals surface area contributed by atoms with Crippen molar-refractivity contribution in [3.63, 3.8) is 0 Å². The Kier molecular flexibility index (Phi) is 3.11. The first kappa shape index (κ1) is 12.0. The van der Waals surface area contributed by atoms with Gasteiger partial charge in [0.15, 0.2) is 0 Å². The van der Waals surface area contributed by atoms with Gasteiger partial charge in [-0.1, -0.05) is 24.3 Å². The van der Waals surface area contributed by atoms with Crippen LogP contribution in [0.3, 0.4) is 0 Å². The molecule has 1 aliphatic rings. The molecule has 2 atom stereocenters. The van der Waals surface area contributed by atoms with Crippen LogP contribution in [0.2, 0.25) is 0 Å². The Bertz CT molecular complexity index is 567. The van der Waals surface area contributed by atoms with Crippen molar-refractivity contribution in [3.05, 3.63) is 59.7 Å². The number of hydrogen-bond acceptors (Lipinski definition) is 2. The molecule has 0 fully saturated rings. The second-order valence-electron chi connectivity index (χ2n) is 4.77. The van der Waals surface area contributed by atoms with E-state index in [1.165, 1.54) is 0 Å². The lowest BCUT2D eigenvalue weighted by atomic mass is 10.1. The molecule has 3 rings (SSSR count). The van der Waals surface area contributed by atoms with Crippen molar-refractivity contribution in [1.29, 1.82) is 0 Å². The first-order chi connectivity index (χ1) is 9.28. The molecule has 1 N–H and O–H groups in total. The molecule has 19 heavy (non-hydrogen) atoms. The molecule has 0 bridgehead atoms. The molecule has 2 aromatic carbocycles. The van der Waals surface area contributed by atoms with Crippen molar-refractivity contribution in [3.8, 4) is 5.75 Å². The molecule has 0 heterocycles. The van der Waals surface area contributed by atoms with E-state index in [9.17, 15) is 4.39 Å². The van der Waals surface area contributed by atoms with E-state index in [-0.39, 0.29) is 6.04 Å². The van der Waals surface area contributed by atoms with Gasteiger partial charge in [0.25, 0.3) is 0 Å². The second-order valence-corrected chi connectivity index (χ2v) is 4.77.